The summed E-state index contributed by atoms with van der Waals surface area (Å²) in [6.07, 6.45) is 5.12. The fourth-order valence-electron chi connectivity index (χ4n) is 2.02. The second-order valence-corrected chi connectivity index (χ2v) is 5.60. The van der Waals surface area contributed by atoms with Crippen LogP contribution in [-0.2, 0) is 4.74 Å². The van der Waals surface area contributed by atoms with Crippen molar-refractivity contribution < 1.29 is 4.74 Å². The number of halogens is 1. The first kappa shape index (κ1) is 16.7. The zero-order chi connectivity index (χ0) is 13.9. The predicted octanol–water partition coefficient (Wildman–Crippen LogP) is 4.70. The van der Waals surface area contributed by atoms with Crippen molar-refractivity contribution in [2.75, 3.05) is 19.7 Å². The van der Waals surface area contributed by atoms with Gasteiger partial charge in [-0.25, -0.2) is 0 Å². The van der Waals surface area contributed by atoms with E-state index in [-0.39, 0.29) is 6.10 Å². The van der Waals surface area contributed by atoms with Gasteiger partial charge in [0.1, 0.15) is 0 Å². The lowest BCUT2D eigenvalue weighted by Gasteiger charge is -2.20. The molecule has 3 heteroatoms. The third-order valence-electron chi connectivity index (χ3n) is 3.15. The molecule has 0 aliphatic carbocycles. The van der Waals surface area contributed by atoms with Crippen molar-refractivity contribution >= 4 is 15.9 Å². The molecule has 0 radical (unpaired) electrons. The average Bonchev–Trinajstić information content (AvgIpc) is 2.43. The first-order valence-electron chi connectivity index (χ1n) is 7.36. The highest BCUT2D eigenvalue weighted by atomic mass is 79.9. The number of unbranched alkanes of at least 4 members (excludes halogenated alkanes) is 3. The third kappa shape index (κ3) is 6.55. The lowest BCUT2D eigenvalue weighted by atomic mass is 10.1. The number of ether oxygens (including phenoxy) is 1. The Kier molecular flexibility index (Phi) is 9.14. The van der Waals surface area contributed by atoms with E-state index in [2.05, 4.69) is 53.3 Å². The molecule has 1 atom stereocenters. The van der Waals surface area contributed by atoms with Crippen LogP contribution in [-0.4, -0.2) is 19.7 Å². The zero-order valence-electron chi connectivity index (χ0n) is 12.1. The molecule has 0 aromatic heterocycles. The minimum Gasteiger partial charge on any atom is -0.372 e. The molecule has 1 rings (SSSR count). The molecule has 1 aromatic rings. The number of hydrogen-bond donors (Lipinski definition) is 1. The van der Waals surface area contributed by atoms with E-state index in [0.717, 1.165) is 30.6 Å². The van der Waals surface area contributed by atoms with Crippen molar-refractivity contribution in [2.45, 2.75) is 45.6 Å². The van der Waals surface area contributed by atoms with Gasteiger partial charge in [0.05, 0.1) is 6.10 Å². The molecule has 0 aliphatic heterocycles. The van der Waals surface area contributed by atoms with E-state index in [1.807, 2.05) is 6.07 Å². The summed E-state index contributed by atoms with van der Waals surface area (Å²) in [6, 6.07) is 8.32. The van der Waals surface area contributed by atoms with Crippen LogP contribution in [0.25, 0.3) is 0 Å². The van der Waals surface area contributed by atoms with Crippen molar-refractivity contribution in [2.24, 2.45) is 0 Å². The van der Waals surface area contributed by atoms with E-state index in [1.165, 1.54) is 24.8 Å². The molecule has 0 aliphatic rings. The summed E-state index contributed by atoms with van der Waals surface area (Å²) >= 11 is 3.61. The fraction of sp³-hybridized carbons (Fsp3) is 0.625. The van der Waals surface area contributed by atoms with Crippen LogP contribution in [0.1, 0.15) is 51.2 Å². The summed E-state index contributed by atoms with van der Waals surface area (Å²) in [6.45, 7) is 7.04. The van der Waals surface area contributed by atoms with Crippen molar-refractivity contribution in [1.29, 1.82) is 0 Å². The number of rotatable bonds is 10. The van der Waals surface area contributed by atoms with E-state index in [4.69, 9.17) is 4.74 Å². The number of likely N-dealkylation sites (N-methyl/N-ethyl adjacent to an activating group) is 1. The molecule has 1 unspecified atom stereocenters. The number of benzene rings is 1. The minimum atomic E-state index is 0.136. The van der Waals surface area contributed by atoms with Gasteiger partial charge < -0.3 is 10.1 Å². The van der Waals surface area contributed by atoms with Crippen molar-refractivity contribution in [3.8, 4) is 0 Å². The standard InChI is InChI=1S/C16H26BrNO/c1-3-5-6-9-12-19-16(13-18-4-2)14-10-7-8-11-15(14)17/h7-8,10-11,16,18H,3-6,9,12-13H2,1-2H3. The highest BCUT2D eigenvalue weighted by Gasteiger charge is 2.13. The predicted molar refractivity (Wildman–Crippen MR) is 85.5 cm³/mol. The molecule has 0 amide bonds. The Morgan fingerprint density at radius 2 is 1.95 bits per heavy atom. The molecule has 2 nitrogen and oxygen atoms in total. The largest absolute Gasteiger partial charge is 0.372 e. The topological polar surface area (TPSA) is 21.3 Å². The molecular weight excluding hydrogens is 302 g/mol. The average molecular weight is 328 g/mol. The quantitative estimate of drug-likeness (QED) is 0.629. The van der Waals surface area contributed by atoms with Crippen LogP contribution in [0, 0.1) is 0 Å². The lowest BCUT2D eigenvalue weighted by Crippen LogP contribution is -2.23. The van der Waals surface area contributed by atoms with E-state index in [0.29, 0.717) is 0 Å². The van der Waals surface area contributed by atoms with E-state index >= 15 is 0 Å². The molecule has 19 heavy (non-hydrogen) atoms. The van der Waals surface area contributed by atoms with Crippen LogP contribution in [0.4, 0.5) is 0 Å². The zero-order valence-corrected chi connectivity index (χ0v) is 13.7. The molecular formula is C16H26BrNO. The maximum atomic E-state index is 6.07. The third-order valence-corrected chi connectivity index (χ3v) is 3.87. The van der Waals surface area contributed by atoms with Crippen LogP contribution in [0.3, 0.4) is 0 Å². The first-order chi connectivity index (χ1) is 9.29. The molecule has 1 N–H and O–H groups in total. The normalized spacial score (nSPS) is 12.6. The Hall–Kier alpha value is -0.380. The van der Waals surface area contributed by atoms with Gasteiger partial charge in [-0.3, -0.25) is 0 Å². The molecule has 0 bridgehead atoms. The van der Waals surface area contributed by atoms with E-state index in [1.54, 1.807) is 0 Å². The van der Waals surface area contributed by atoms with Gasteiger partial charge in [-0.05, 0) is 24.6 Å². The van der Waals surface area contributed by atoms with Crippen molar-refractivity contribution in [1.82, 2.24) is 5.32 Å². The Balaban J connectivity index is 2.49. The monoisotopic (exact) mass is 327 g/mol. The summed E-state index contributed by atoms with van der Waals surface area (Å²) in [5.74, 6) is 0. The Labute approximate surface area is 126 Å². The summed E-state index contributed by atoms with van der Waals surface area (Å²) in [7, 11) is 0. The SMILES string of the molecule is CCCCCCOC(CNCC)c1ccccc1Br. The maximum Gasteiger partial charge on any atom is 0.0960 e. The molecule has 0 spiro atoms. The van der Waals surface area contributed by atoms with Crippen LogP contribution < -0.4 is 5.32 Å². The van der Waals surface area contributed by atoms with Gasteiger partial charge in [-0.2, -0.15) is 0 Å². The second-order valence-electron chi connectivity index (χ2n) is 4.75. The van der Waals surface area contributed by atoms with E-state index < -0.39 is 0 Å². The van der Waals surface area contributed by atoms with Crippen molar-refractivity contribution in [3.63, 3.8) is 0 Å². The van der Waals surface area contributed by atoms with Crippen LogP contribution >= 0.6 is 15.9 Å². The molecule has 1 aromatic carbocycles. The lowest BCUT2D eigenvalue weighted by molar-refractivity contribution is 0.0498. The molecule has 0 fully saturated rings. The molecule has 0 heterocycles. The first-order valence-corrected chi connectivity index (χ1v) is 8.15. The van der Waals surface area contributed by atoms with Crippen LogP contribution in [0.15, 0.2) is 28.7 Å². The van der Waals surface area contributed by atoms with Gasteiger partial charge in [0.15, 0.2) is 0 Å². The summed E-state index contributed by atoms with van der Waals surface area (Å²) in [5.41, 5.74) is 1.24. The summed E-state index contributed by atoms with van der Waals surface area (Å²) < 4.78 is 7.20. The van der Waals surface area contributed by atoms with Gasteiger partial charge in [0.2, 0.25) is 0 Å². The van der Waals surface area contributed by atoms with Gasteiger partial charge in [0.25, 0.3) is 0 Å². The highest BCUT2D eigenvalue weighted by molar-refractivity contribution is 9.10. The number of nitrogens with one attached hydrogen (secondary N) is 1. The van der Waals surface area contributed by atoms with Gasteiger partial charge >= 0.3 is 0 Å². The smallest absolute Gasteiger partial charge is 0.0960 e. The Morgan fingerprint density at radius 3 is 2.63 bits per heavy atom. The Morgan fingerprint density at radius 1 is 1.16 bits per heavy atom. The van der Waals surface area contributed by atoms with Gasteiger partial charge in [-0.1, -0.05) is 67.2 Å². The minimum absolute atomic E-state index is 0.136. The Bertz CT molecular complexity index is 343. The van der Waals surface area contributed by atoms with E-state index in [9.17, 15) is 0 Å². The van der Waals surface area contributed by atoms with Gasteiger partial charge in [0, 0.05) is 17.6 Å². The molecule has 108 valence electrons. The molecule has 0 saturated heterocycles. The highest BCUT2D eigenvalue weighted by Crippen LogP contribution is 2.25. The molecule has 0 saturated carbocycles. The van der Waals surface area contributed by atoms with Crippen molar-refractivity contribution in [3.05, 3.63) is 34.3 Å². The maximum absolute atomic E-state index is 6.07. The number of hydrogen-bond acceptors (Lipinski definition) is 2. The summed E-state index contributed by atoms with van der Waals surface area (Å²) in [4.78, 5) is 0. The fourth-order valence-corrected chi connectivity index (χ4v) is 2.56. The van der Waals surface area contributed by atoms with Crippen LogP contribution in [0.5, 0.6) is 0 Å². The van der Waals surface area contributed by atoms with Gasteiger partial charge in [-0.15, -0.1) is 0 Å². The summed E-state index contributed by atoms with van der Waals surface area (Å²) in [5, 5.41) is 3.38. The van der Waals surface area contributed by atoms with Crippen LogP contribution in [0.2, 0.25) is 0 Å². The second kappa shape index (κ2) is 10.4.